The van der Waals surface area contributed by atoms with Gasteiger partial charge in [0.15, 0.2) is 0 Å². The summed E-state index contributed by atoms with van der Waals surface area (Å²) >= 11 is 0. The summed E-state index contributed by atoms with van der Waals surface area (Å²) in [6, 6.07) is 12.8. The molecule has 4 rings (SSSR count). The van der Waals surface area contributed by atoms with Crippen LogP contribution in [0.5, 0.6) is 0 Å². The third-order valence-corrected chi connectivity index (χ3v) is 5.20. The van der Waals surface area contributed by atoms with E-state index in [0.29, 0.717) is 6.61 Å². The van der Waals surface area contributed by atoms with E-state index in [9.17, 15) is 4.39 Å². The van der Waals surface area contributed by atoms with E-state index in [1.54, 1.807) is 0 Å². The van der Waals surface area contributed by atoms with Gasteiger partial charge in [0.25, 0.3) is 0 Å². The van der Waals surface area contributed by atoms with Gasteiger partial charge in [0.2, 0.25) is 0 Å². The van der Waals surface area contributed by atoms with E-state index in [4.69, 9.17) is 9.47 Å². The highest BCUT2D eigenvalue weighted by Crippen LogP contribution is 2.36. The van der Waals surface area contributed by atoms with Crippen LogP contribution in [-0.2, 0) is 22.6 Å². The molecule has 1 aromatic carbocycles. The number of pyridine rings is 1. The van der Waals surface area contributed by atoms with Crippen LogP contribution < -0.4 is 0 Å². The quantitative estimate of drug-likeness (QED) is 0.822. The van der Waals surface area contributed by atoms with Crippen molar-refractivity contribution in [3.8, 4) is 0 Å². The Hall–Kier alpha value is -1.82. The van der Waals surface area contributed by atoms with E-state index in [1.165, 1.54) is 12.1 Å². The first-order valence-corrected chi connectivity index (χ1v) is 9.25. The fraction of sp³-hybridized carbons (Fsp3) is 0.476. The number of benzene rings is 1. The minimum Gasteiger partial charge on any atom is -0.372 e. The Morgan fingerprint density at radius 1 is 1.23 bits per heavy atom. The maximum absolute atomic E-state index is 13.0. The summed E-state index contributed by atoms with van der Waals surface area (Å²) in [7, 11) is 0. The molecule has 4 nitrogen and oxygen atoms in total. The van der Waals surface area contributed by atoms with Crippen molar-refractivity contribution in [2.45, 2.75) is 44.6 Å². The van der Waals surface area contributed by atoms with Crippen LogP contribution in [0, 0.1) is 12.7 Å². The fourth-order valence-corrected chi connectivity index (χ4v) is 3.96. The van der Waals surface area contributed by atoms with Crippen LogP contribution in [0.1, 0.15) is 29.8 Å². The van der Waals surface area contributed by atoms with Crippen LogP contribution in [0.15, 0.2) is 42.5 Å². The van der Waals surface area contributed by atoms with E-state index in [-0.39, 0.29) is 17.5 Å². The van der Waals surface area contributed by atoms with Gasteiger partial charge in [0.05, 0.1) is 24.0 Å². The van der Waals surface area contributed by atoms with Crippen molar-refractivity contribution >= 4 is 0 Å². The summed E-state index contributed by atoms with van der Waals surface area (Å²) in [5.41, 5.74) is 3.06. The number of rotatable bonds is 5. The van der Waals surface area contributed by atoms with Crippen LogP contribution in [0.25, 0.3) is 0 Å². The van der Waals surface area contributed by atoms with Crippen LogP contribution in [-0.4, -0.2) is 41.3 Å². The molecular formula is C21H25FN2O2. The van der Waals surface area contributed by atoms with Crippen molar-refractivity contribution < 1.29 is 13.9 Å². The number of aromatic nitrogens is 1. The second-order valence-corrected chi connectivity index (χ2v) is 7.50. The van der Waals surface area contributed by atoms with Gasteiger partial charge in [-0.3, -0.25) is 9.88 Å². The Morgan fingerprint density at radius 3 is 2.81 bits per heavy atom. The number of nitrogens with zero attached hydrogens (tertiary/aromatic N) is 2. The summed E-state index contributed by atoms with van der Waals surface area (Å²) in [4.78, 5) is 6.85. The Bertz CT molecular complexity index is 744. The Kier molecular flexibility index (Phi) is 5.02. The predicted octanol–water partition coefficient (Wildman–Crippen LogP) is 3.48. The first kappa shape index (κ1) is 17.6. The van der Waals surface area contributed by atoms with Gasteiger partial charge in [0.1, 0.15) is 5.82 Å². The van der Waals surface area contributed by atoms with Gasteiger partial charge in [-0.15, -0.1) is 0 Å². The van der Waals surface area contributed by atoms with E-state index in [0.717, 1.165) is 56.0 Å². The standard InChI is InChI=1S/C21H25FN2O2/c1-16-3-2-4-19(23-16)13-25-20-9-10-26-21(11-20)14-24(15-21)12-17-5-7-18(22)8-6-17/h2-8,20H,9-15H2,1H3/t20-/m1/s1. The lowest BCUT2D eigenvalue weighted by molar-refractivity contribution is -0.200. The highest BCUT2D eigenvalue weighted by molar-refractivity contribution is 5.17. The van der Waals surface area contributed by atoms with Crippen LogP contribution >= 0.6 is 0 Å². The van der Waals surface area contributed by atoms with Crippen LogP contribution in [0.2, 0.25) is 0 Å². The summed E-state index contributed by atoms with van der Waals surface area (Å²) in [6.07, 6.45) is 2.09. The summed E-state index contributed by atoms with van der Waals surface area (Å²) in [5, 5.41) is 0. The van der Waals surface area contributed by atoms with Gasteiger partial charge >= 0.3 is 0 Å². The monoisotopic (exact) mass is 356 g/mol. The first-order chi connectivity index (χ1) is 12.6. The number of hydrogen-bond acceptors (Lipinski definition) is 4. The van der Waals surface area contributed by atoms with E-state index in [2.05, 4.69) is 9.88 Å². The van der Waals surface area contributed by atoms with Gasteiger partial charge in [-0.1, -0.05) is 18.2 Å². The molecular weight excluding hydrogens is 331 g/mol. The van der Waals surface area contributed by atoms with Gasteiger partial charge < -0.3 is 9.47 Å². The Labute approximate surface area is 153 Å². The molecule has 1 atom stereocenters. The minimum atomic E-state index is -0.187. The molecule has 5 heteroatoms. The van der Waals surface area contributed by atoms with Gasteiger partial charge in [-0.25, -0.2) is 4.39 Å². The zero-order valence-corrected chi connectivity index (χ0v) is 15.2. The van der Waals surface area contributed by atoms with Crippen molar-refractivity contribution in [2.75, 3.05) is 19.7 Å². The lowest BCUT2D eigenvalue weighted by Crippen LogP contribution is -2.65. The Morgan fingerprint density at radius 2 is 2.04 bits per heavy atom. The molecule has 0 bridgehead atoms. The number of hydrogen-bond donors (Lipinski definition) is 0. The van der Waals surface area contributed by atoms with Crippen molar-refractivity contribution in [3.05, 3.63) is 65.2 Å². The average Bonchev–Trinajstić information content (AvgIpc) is 2.61. The van der Waals surface area contributed by atoms with Gasteiger partial charge in [-0.05, 0) is 43.2 Å². The SMILES string of the molecule is Cc1cccc(CO[C@@H]2CCOC3(C2)CN(Cc2ccc(F)cc2)C3)n1. The molecule has 0 unspecified atom stereocenters. The zero-order valence-electron chi connectivity index (χ0n) is 15.2. The minimum absolute atomic E-state index is 0.0804. The summed E-state index contributed by atoms with van der Waals surface area (Å²) < 4.78 is 25.2. The molecule has 1 aromatic heterocycles. The summed E-state index contributed by atoms with van der Waals surface area (Å²) in [6.45, 7) is 5.96. The molecule has 2 aromatic rings. The van der Waals surface area contributed by atoms with Crippen molar-refractivity contribution in [2.24, 2.45) is 0 Å². The molecule has 26 heavy (non-hydrogen) atoms. The molecule has 1 spiro atoms. The lowest BCUT2D eigenvalue weighted by Gasteiger charge is -2.53. The molecule has 0 saturated carbocycles. The topological polar surface area (TPSA) is 34.6 Å². The molecule has 3 heterocycles. The molecule has 0 radical (unpaired) electrons. The average molecular weight is 356 g/mol. The molecule has 0 N–H and O–H groups in total. The normalized spacial score (nSPS) is 22.3. The Balaban J connectivity index is 1.27. The molecule has 2 aliphatic rings. The highest BCUT2D eigenvalue weighted by Gasteiger charge is 2.47. The van der Waals surface area contributed by atoms with Crippen molar-refractivity contribution in [1.29, 1.82) is 0 Å². The second kappa shape index (κ2) is 7.43. The van der Waals surface area contributed by atoms with Crippen molar-refractivity contribution in [1.82, 2.24) is 9.88 Å². The lowest BCUT2D eigenvalue weighted by atomic mass is 9.84. The number of halogens is 1. The van der Waals surface area contributed by atoms with Gasteiger partial charge in [0, 0.05) is 38.4 Å². The molecule has 0 aliphatic carbocycles. The smallest absolute Gasteiger partial charge is 0.123 e. The van der Waals surface area contributed by atoms with E-state index in [1.807, 2.05) is 37.3 Å². The molecule has 2 saturated heterocycles. The third kappa shape index (κ3) is 4.11. The fourth-order valence-electron chi connectivity index (χ4n) is 3.96. The number of ether oxygens (including phenoxy) is 2. The van der Waals surface area contributed by atoms with E-state index >= 15 is 0 Å². The van der Waals surface area contributed by atoms with Crippen LogP contribution in [0.4, 0.5) is 4.39 Å². The van der Waals surface area contributed by atoms with Gasteiger partial charge in [-0.2, -0.15) is 0 Å². The first-order valence-electron chi connectivity index (χ1n) is 9.25. The maximum atomic E-state index is 13.0. The predicted molar refractivity (Wildman–Crippen MR) is 97.1 cm³/mol. The highest BCUT2D eigenvalue weighted by atomic mass is 19.1. The molecule has 2 fully saturated rings. The second-order valence-electron chi connectivity index (χ2n) is 7.50. The molecule has 2 aliphatic heterocycles. The number of aryl methyl sites for hydroxylation is 1. The van der Waals surface area contributed by atoms with Crippen LogP contribution in [0.3, 0.4) is 0 Å². The van der Waals surface area contributed by atoms with Crippen molar-refractivity contribution in [3.63, 3.8) is 0 Å². The van der Waals surface area contributed by atoms with E-state index < -0.39 is 0 Å². The third-order valence-electron chi connectivity index (χ3n) is 5.20. The summed E-state index contributed by atoms with van der Waals surface area (Å²) in [5.74, 6) is -0.187. The molecule has 0 amide bonds. The zero-order chi connectivity index (χ0) is 18.0. The maximum Gasteiger partial charge on any atom is 0.123 e. The molecule has 138 valence electrons. The number of likely N-dealkylation sites (tertiary alicyclic amines) is 1. The largest absolute Gasteiger partial charge is 0.372 e.